The second-order valence-corrected chi connectivity index (χ2v) is 5.76. The van der Waals surface area contributed by atoms with Gasteiger partial charge in [-0.1, -0.05) is 17.7 Å². The van der Waals surface area contributed by atoms with E-state index in [4.69, 9.17) is 9.15 Å². The van der Waals surface area contributed by atoms with E-state index in [1.165, 1.54) is 5.56 Å². The van der Waals surface area contributed by atoms with Gasteiger partial charge in [0.1, 0.15) is 12.0 Å². The largest absolute Gasteiger partial charge is 0.444 e. The highest BCUT2D eigenvalue weighted by molar-refractivity contribution is 5.53. The Morgan fingerprint density at radius 1 is 1.29 bits per heavy atom. The number of hydrogen-bond donors (Lipinski definition) is 1. The lowest BCUT2D eigenvalue weighted by Gasteiger charge is -2.25. The quantitative estimate of drug-likeness (QED) is 0.935. The summed E-state index contributed by atoms with van der Waals surface area (Å²) in [5.41, 5.74) is 2.98. The third-order valence-electron chi connectivity index (χ3n) is 3.92. The van der Waals surface area contributed by atoms with Crippen molar-refractivity contribution in [2.75, 3.05) is 0 Å². The average molecular weight is 287 g/mol. The van der Waals surface area contributed by atoms with E-state index in [2.05, 4.69) is 11.9 Å². The van der Waals surface area contributed by atoms with E-state index in [1.54, 1.807) is 6.26 Å². The molecule has 112 valence electrons. The minimum Gasteiger partial charge on any atom is -0.444 e. The van der Waals surface area contributed by atoms with Gasteiger partial charge >= 0.3 is 0 Å². The van der Waals surface area contributed by atoms with Crippen LogP contribution in [0.25, 0.3) is 11.5 Å². The molecule has 1 heterocycles. The first-order valence-corrected chi connectivity index (χ1v) is 7.52. The third-order valence-corrected chi connectivity index (χ3v) is 3.92. The van der Waals surface area contributed by atoms with Crippen molar-refractivity contribution in [3.8, 4) is 11.5 Å². The Bertz CT molecular complexity index is 576. The number of nitrogens with zero attached hydrogens (tertiary/aromatic N) is 1. The van der Waals surface area contributed by atoms with Crippen LogP contribution >= 0.6 is 0 Å². The van der Waals surface area contributed by atoms with Crippen LogP contribution < -0.4 is 0 Å². The molecule has 4 nitrogen and oxygen atoms in total. The Hall–Kier alpha value is -1.65. The third kappa shape index (κ3) is 3.71. The normalized spacial score (nSPS) is 22.4. The van der Waals surface area contributed by atoms with Gasteiger partial charge in [0.25, 0.3) is 0 Å². The van der Waals surface area contributed by atoms with Crippen LogP contribution in [0.5, 0.6) is 0 Å². The summed E-state index contributed by atoms with van der Waals surface area (Å²) in [6, 6.07) is 8.09. The molecule has 1 aromatic carbocycles. The van der Waals surface area contributed by atoms with Crippen LogP contribution in [0.4, 0.5) is 0 Å². The highest BCUT2D eigenvalue weighted by Gasteiger charge is 2.21. The molecule has 0 amide bonds. The molecule has 1 N–H and O–H groups in total. The molecule has 0 aliphatic heterocycles. The number of oxazole rings is 1. The van der Waals surface area contributed by atoms with Gasteiger partial charge in [-0.15, -0.1) is 0 Å². The SMILES string of the molecule is Cc1ccc(-c2nc(COC3CCC[C@@H](O)C3)co2)cc1. The van der Waals surface area contributed by atoms with Gasteiger partial charge in [0.2, 0.25) is 5.89 Å². The van der Waals surface area contributed by atoms with Crippen molar-refractivity contribution in [2.24, 2.45) is 0 Å². The monoisotopic (exact) mass is 287 g/mol. The molecular formula is C17H21NO3. The van der Waals surface area contributed by atoms with Crippen LogP contribution in [0.1, 0.15) is 36.9 Å². The second-order valence-electron chi connectivity index (χ2n) is 5.76. The Morgan fingerprint density at radius 3 is 2.86 bits per heavy atom. The smallest absolute Gasteiger partial charge is 0.226 e. The second kappa shape index (κ2) is 6.41. The van der Waals surface area contributed by atoms with E-state index in [-0.39, 0.29) is 12.2 Å². The molecule has 21 heavy (non-hydrogen) atoms. The number of aryl methyl sites for hydroxylation is 1. The molecule has 1 aromatic heterocycles. The molecule has 1 aliphatic carbocycles. The summed E-state index contributed by atoms with van der Waals surface area (Å²) >= 11 is 0. The molecule has 3 rings (SSSR count). The zero-order valence-corrected chi connectivity index (χ0v) is 12.3. The summed E-state index contributed by atoms with van der Waals surface area (Å²) in [6.45, 7) is 2.49. The predicted molar refractivity (Wildman–Crippen MR) is 79.7 cm³/mol. The zero-order chi connectivity index (χ0) is 14.7. The van der Waals surface area contributed by atoms with Crippen molar-refractivity contribution in [3.63, 3.8) is 0 Å². The van der Waals surface area contributed by atoms with Crippen molar-refractivity contribution in [1.82, 2.24) is 4.98 Å². The van der Waals surface area contributed by atoms with Crippen LogP contribution in [0, 0.1) is 6.92 Å². The van der Waals surface area contributed by atoms with Crippen molar-refractivity contribution in [3.05, 3.63) is 41.8 Å². The highest BCUT2D eigenvalue weighted by Crippen LogP contribution is 2.23. The zero-order valence-electron chi connectivity index (χ0n) is 12.3. The molecule has 2 atom stereocenters. The number of aliphatic hydroxyl groups is 1. The summed E-state index contributed by atoms with van der Waals surface area (Å²) < 4.78 is 11.3. The lowest BCUT2D eigenvalue weighted by Crippen LogP contribution is -2.25. The summed E-state index contributed by atoms with van der Waals surface area (Å²) in [4.78, 5) is 4.46. The standard InChI is InChI=1S/C17H21NO3/c1-12-5-7-13(8-6-12)17-18-14(11-21-17)10-20-16-4-2-3-15(19)9-16/h5-8,11,15-16,19H,2-4,9-10H2,1H3/t15-,16?/m1/s1. The Labute approximate surface area is 124 Å². The van der Waals surface area contributed by atoms with Gasteiger partial charge in [-0.25, -0.2) is 4.98 Å². The minimum atomic E-state index is -0.218. The van der Waals surface area contributed by atoms with Gasteiger partial charge in [0.05, 0.1) is 18.8 Å². The summed E-state index contributed by atoms with van der Waals surface area (Å²) in [7, 11) is 0. The number of ether oxygens (including phenoxy) is 1. The van der Waals surface area contributed by atoms with E-state index in [0.717, 1.165) is 36.9 Å². The summed E-state index contributed by atoms with van der Waals surface area (Å²) in [5.74, 6) is 0.622. The molecule has 4 heteroatoms. The first-order valence-electron chi connectivity index (χ1n) is 7.52. The van der Waals surface area contributed by atoms with Crippen LogP contribution in [-0.4, -0.2) is 22.3 Å². The summed E-state index contributed by atoms with van der Waals surface area (Å²) in [6.07, 6.45) is 5.22. The topological polar surface area (TPSA) is 55.5 Å². The fourth-order valence-electron chi connectivity index (χ4n) is 2.68. The maximum absolute atomic E-state index is 9.64. The van der Waals surface area contributed by atoms with Crippen molar-refractivity contribution in [2.45, 2.75) is 51.4 Å². The van der Waals surface area contributed by atoms with Crippen LogP contribution in [-0.2, 0) is 11.3 Å². The predicted octanol–water partition coefficient (Wildman–Crippen LogP) is 3.47. The average Bonchev–Trinajstić information content (AvgIpc) is 2.95. The van der Waals surface area contributed by atoms with Crippen LogP contribution in [0.15, 0.2) is 34.9 Å². The van der Waals surface area contributed by atoms with Gasteiger partial charge in [-0.3, -0.25) is 0 Å². The molecule has 1 saturated carbocycles. The number of benzene rings is 1. The molecule has 0 bridgehead atoms. The number of rotatable bonds is 4. The van der Waals surface area contributed by atoms with E-state index >= 15 is 0 Å². The molecule has 0 saturated heterocycles. The van der Waals surface area contributed by atoms with Crippen LogP contribution in [0.3, 0.4) is 0 Å². The molecule has 2 aromatic rings. The van der Waals surface area contributed by atoms with Gasteiger partial charge in [0.15, 0.2) is 0 Å². The maximum Gasteiger partial charge on any atom is 0.226 e. The first-order chi connectivity index (χ1) is 10.2. The van der Waals surface area contributed by atoms with Gasteiger partial charge in [-0.05, 0) is 44.7 Å². The van der Waals surface area contributed by atoms with Crippen LogP contribution in [0.2, 0.25) is 0 Å². The van der Waals surface area contributed by atoms with E-state index < -0.39 is 0 Å². The lowest BCUT2D eigenvalue weighted by atomic mass is 9.95. The molecule has 0 radical (unpaired) electrons. The molecule has 0 spiro atoms. The van der Waals surface area contributed by atoms with Crippen molar-refractivity contribution < 1.29 is 14.3 Å². The Balaban J connectivity index is 1.59. The van der Waals surface area contributed by atoms with Gasteiger partial charge in [-0.2, -0.15) is 0 Å². The number of aliphatic hydroxyl groups excluding tert-OH is 1. The number of hydrogen-bond acceptors (Lipinski definition) is 4. The van der Waals surface area contributed by atoms with E-state index in [9.17, 15) is 5.11 Å². The molecule has 1 fully saturated rings. The lowest BCUT2D eigenvalue weighted by molar-refractivity contribution is -0.0238. The van der Waals surface area contributed by atoms with E-state index in [1.807, 2.05) is 24.3 Å². The molecule has 1 aliphatic rings. The summed E-state index contributed by atoms with van der Waals surface area (Å²) in [5, 5.41) is 9.64. The minimum absolute atomic E-state index is 0.133. The van der Waals surface area contributed by atoms with E-state index in [0.29, 0.717) is 12.5 Å². The first kappa shape index (κ1) is 14.3. The fraction of sp³-hybridized carbons (Fsp3) is 0.471. The fourth-order valence-corrected chi connectivity index (χ4v) is 2.68. The van der Waals surface area contributed by atoms with Gasteiger partial charge < -0.3 is 14.3 Å². The Morgan fingerprint density at radius 2 is 2.10 bits per heavy atom. The van der Waals surface area contributed by atoms with Crippen molar-refractivity contribution >= 4 is 0 Å². The molecular weight excluding hydrogens is 266 g/mol. The molecule has 1 unspecified atom stereocenters. The maximum atomic E-state index is 9.64. The Kier molecular flexibility index (Phi) is 4.36. The van der Waals surface area contributed by atoms with Gasteiger partial charge in [0, 0.05) is 5.56 Å². The number of aromatic nitrogens is 1. The van der Waals surface area contributed by atoms with Crippen molar-refractivity contribution in [1.29, 1.82) is 0 Å². The highest BCUT2D eigenvalue weighted by atomic mass is 16.5.